The molecule has 0 saturated heterocycles. The molecular formula is C7H4Cl3F2N. The summed E-state index contributed by atoms with van der Waals surface area (Å²) in [5.41, 5.74) is -0.197. The van der Waals surface area contributed by atoms with Gasteiger partial charge in [-0.15, -0.1) is 11.6 Å². The molecular weight excluding hydrogens is 242 g/mol. The lowest BCUT2D eigenvalue weighted by molar-refractivity contribution is 0.151. The van der Waals surface area contributed by atoms with Crippen LogP contribution in [0.3, 0.4) is 0 Å². The van der Waals surface area contributed by atoms with Gasteiger partial charge in [0.1, 0.15) is 0 Å². The zero-order valence-corrected chi connectivity index (χ0v) is 8.47. The number of hydrogen-bond acceptors (Lipinski definition) is 1. The first-order valence-corrected chi connectivity index (χ1v) is 4.53. The second-order valence-electron chi connectivity index (χ2n) is 2.21. The van der Waals surface area contributed by atoms with Gasteiger partial charge in [-0.3, -0.25) is 4.98 Å². The molecule has 0 bridgehead atoms. The first kappa shape index (κ1) is 11.0. The fraction of sp³-hybridized carbons (Fsp3) is 0.286. The third-order valence-corrected chi connectivity index (χ3v) is 2.40. The summed E-state index contributed by atoms with van der Waals surface area (Å²) in [7, 11) is 0. The van der Waals surface area contributed by atoms with Crippen LogP contribution < -0.4 is 0 Å². The van der Waals surface area contributed by atoms with Gasteiger partial charge in [0, 0.05) is 6.20 Å². The summed E-state index contributed by atoms with van der Waals surface area (Å²) in [6.45, 7) is 0. The average Bonchev–Trinajstić information content (AvgIpc) is 2.04. The summed E-state index contributed by atoms with van der Waals surface area (Å²) in [6.07, 6.45) is -1.60. The van der Waals surface area contributed by atoms with Gasteiger partial charge in [0.15, 0.2) is 0 Å². The minimum absolute atomic E-state index is 0.0181. The Morgan fingerprint density at radius 1 is 1.38 bits per heavy atom. The summed E-state index contributed by atoms with van der Waals surface area (Å²) >= 11 is 16.5. The lowest BCUT2D eigenvalue weighted by Gasteiger charge is -2.07. The standard InChI is InChI=1S/C7H4Cl3F2N/c8-1-4-6(10)5(7(11)12)3(9)2-13-4/h2,7H,1H2. The lowest BCUT2D eigenvalue weighted by Crippen LogP contribution is -1.95. The molecule has 0 aliphatic carbocycles. The number of nitrogens with zero attached hydrogens (tertiary/aromatic N) is 1. The predicted octanol–water partition coefficient (Wildman–Crippen LogP) is 4.06. The molecule has 0 radical (unpaired) electrons. The van der Waals surface area contributed by atoms with Gasteiger partial charge in [-0.25, -0.2) is 8.78 Å². The van der Waals surface area contributed by atoms with Crippen LogP contribution in [0.15, 0.2) is 6.20 Å². The summed E-state index contributed by atoms with van der Waals surface area (Å²) in [5.74, 6) is -0.0181. The largest absolute Gasteiger partial charge is 0.266 e. The van der Waals surface area contributed by atoms with Crippen molar-refractivity contribution >= 4 is 34.8 Å². The molecule has 1 aromatic heterocycles. The summed E-state index contributed by atoms with van der Waals surface area (Å²) in [4.78, 5) is 3.71. The number of pyridine rings is 1. The van der Waals surface area contributed by atoms with Crippen molar-refractivity contribution in [3.63, 3.8) is 0 Å². The predicted molar refractivity (Wildman–Crippen MR) is 48.8 cm³/mol. The highest BCUT2D eigenvalue weighted by Crippen LogP contribution is 2.34. The molecule has 0 aromatic carbocycles. The number of halogens is 5. The molecule has 1 rings (SSSR count). The van der Waals surface area contributed by atoms with Gasteiger partial charge in [0.2, 0.25) is 0 Å². The molecule has 13 heavy (non-hydrogen) atoms. The molecule has 0 unspecified atom stereocenters. The Morgan fingerprint density at radius 2 is 2.00 bits per heavy atom. The van der Waals surface area contributed by atoms with Crippen LogP contribution in [0.1, 0.15) is 17.7 Å². The smallest absolute Gasteiger partial charge is 0.257 e. The number of rotatable bonds is 2. The van der Waals surface area contributed by atoms with Crippen LogP contribution in [0.5, 0.6) is 0 Å². The van der Waals surface area contributed by atoms with Crippen molar-refractivity contribution in [2.45, 2.75) is 12.3 Å². The molecule has 72 valence electrons. The second-order valence-corrected chi connectivity index (χ2v) is 3.27. The van der Waals surface area contributed by atoms with Crippen molar-refractivity contribution in [3.05, 3.63) is 27.5 Å². The fourth-order valence-corrected chi connectivity index (χ4v) is 1.66. The summed E-state index contributed by atoms with van der Waals surface area (Å²) < 4.78 is 24.7. The lowest BCUT2D eigenvalue weighted by atomic mass is 10.2. The van der Waals surface area contributed by atoms with Gasteiger partial charge in [-0.1, -0.05) is 23.2 Å². The van der Waals surface area contributed by atoms with E-state index in [2.05, 4.69) is 4.98 Å². The van der Waals surface area contributed by atoms with Gasteiger partial charge in [0.25, 0.3) is 6.43 Å². The third kappa shape index (κ3) is 2.22. The summed E-state index contributed by atoms with van der Waals surface area (Å²) in [5, 5.41) is -0.300. The van der Waals surface area contributed by atoms with E-state index in [-0.39, 0.29) is 21.6 Å². The van der Waals surface area contributed by atoms with Crippen LogP contribution in [0.4, 0.5) is 8.78 Å². The van der Waals surface area contributed by atoms with Crippen molar-refractivity contribution in [1.29, 1.82) is 0 Å². The molecule has 0 saturated carbocycles. The number of aromatic nitrogens is 1. The zero-order valence-electron chi connectivity index (χ0n) is 6.20. The average molecular weight is 246 g/mol. The Labute approximate surface area is 88.6 Å². The fourth-order valence-electron chi connectivity index (χ4n) is 0.814. The SMILES string of the molecule is FC(F)c1c(Cl)cnc(CCl)c1Cl. The van der Waals surface area contributed by atoms with Crippen LogP contribution in [0.25, 0.3) is 0 Å². The molecule has 1 heterocycles. The van der Waals surface area contributed by atoms with Crippen LogP contribution >= 0.6 is 34.8 Å². The Balaban J connectivity index is 3.30. The topological polar surface area (TPSA) is 12.9 Å². The van der Waals surface area contributed by atoms with Crippen molar-refractivity contribution in [2.75, 3.05) is 0 Å². The molecule has 0 aliphatic rings. The first-order chi connectivity index (χ1) is 6.07. The Morgan fingerprint density at radius 3 is 2.46 bits per heavy atom. The van der Waals surface area contributed by atoms with E-state index in [0.717, 1.165) is 6.20 Å². The number of hydrogen-bond donors (Lipinski definition) is 0. The van der Waals surface area contributed by atoms with Crippen molar-refractivity contribution in [2.24, 2.45) is 0 Å². The molecule has 0 spiro atoms. The molecule has 0 aliphatic heterocycles. The highest BCUT2D eigenvalue weighted by Gasteiger charge is 2.19. The normalized spacial score (nSPS) is 10.9. The monoisotopic (exact) mass is 245 g/mol. The Hall–Kier alpha value is -0.120. The van der Waals surface area contributed by atoms with E-state index in [1.165, 1.54) is 0 Å². The van der Waals surface area contributed by atoms with Crippen LogP contribution in [-0.2, 0) is 5.88 Å². The van der Waals surface area contributed by atoms with E-state index in [1.54, 1.807) is 0 Å². The van der Waals surface area contributed by atoms with E-state index >= 15 is 0 Å². The minimum atomic E-state index is -2.72. The molecule has 6 heteroatoms. The van der Waals surface area contributed by atoms with Crippen LogP contribution in [0.2, 0.25) is 10.0 Å². The molecule has 0 atom stereocenters. The second kappa shape index (κ2) is 4.40. The highest BCUT2D eigenvalue weighted by molar-refractivity contribution is 6.36. The maximum absolute atomic E-state index is 12.4. The Bertz CT molecular complexity index is 317. The summed E-state index contributed by atoms with van der Waals surface area (Å²) in [6, 6.07) is 0. The molecule has 0 amide bonds. The zero-order chi connectivity index (χ0) is 10.0. The van der Waals surface area contributed by atoms with E-state index in [0.29, 0.717) is 0 Å². The van der Waals surface area contributed by atoms with Crippen LogP contribution in [-0.4, -0.2) is 4.98 Å². The van der Waals surface area contributed by atoms with E-state index in [1.807, 2.05) is 0 Å². The highest BCUT2D eigenvalue weighted by atomic mass is 35.5. The van der Waals surface area contributed by atoms with Gasteiger partial charge in [0.05, 0.1) is 27.2 Å². The molecule has 1 nitrogen and oxygen atoms in total. The third-order valence-electron chi connectivity index (χ3n) is 1.43. The van der Waals surface area contributed by atoms with Crippen LogP contribution in [0, 0.1) is 0 Å². The molecule has 1 aromatic rings. The maximum Gasteiger partial charge on any atom is 0.266 e. The minimum Gasteiger partial charge on any atom is -0.257 e. The van der Waals surface area contributed by atoms with E-state index in [9.17, 15) is 8.78 Å². The van der Waals surface area contributed by atoms with Crippen molar-refractivity contribution in [3.8, 4) is 0 Å². The van der Waals surface area contributed by atoms with E-state index in [4.69, 9.17) is 34.8 Å². The van der Waals surface area contributed by atoms with Gasteiger partial charge in [-0.05, 0) is 0 Å². The van der Waals surface area contributed by atoms with Crippen molar-refractivity contribution in [1.82, 2.24) is 4.98 Å². The van der Waals surface area contributed by atoms with Crippen molar-refractivity contribution < 1.29 is 8.78 Å². The Kier molecular flexibility index (Phi) is 3.71. The molecule has 0 fully saturated rings. The number of alkyl halides is 3. The quantitative estimate of drug-likeness (QED) is 0.717. The maximum atomic E-state index is 12.4. The van der Waals surface area contributed by atoms with Gasteiger partial charge < -0.3 is 0 Å². The van der Waals surface area contributed by atoms with E-state index < -0.39 is 12.0 Å². The van der Waals surface area contributed by atoms with Gasteiger partial charge >= 0.3 is 0 Å². The first-order valence-electron chi connectivity index (χ1n) is 3.24. The van der Waals surface area contributed by atoms with Gasteiger partial charge in [-0.2, -0.15) is 0 Å². The molecule has 0 N–H and O–H groups in total.